The van der Waals surface area contributed by atoms with Gasteiger partial charge in [0, 0.05) is 46.9 Å². The van der Waals surface area contributed by atoms with E-state index in [0.717, 1.165) is 55.3 Å². The van der Waals surface area contributed by atoms with Gasteiger partial charge in [-0.2, -0.15) is 8.78 Å². The van der Waals surface area contributed by atoms with Crippen LogP contribution in [0.3, 0.4) is 0 Å². The lowest BCUT2D eigenvalue weighted by molar-refractivity contribution is -0.0494. The Bertz CT molecular complexity index is 1300. The number of nitrogens with zero attached hydrogens (tertiary/aromatic N) is 3. The first-order valence-corrected chi connectivity index (χ1v) is 13.1. The second-order valence-corrected chi connectivity index (χ2v) is 10.2. The highest BCUT2D eigenvalue weighted by Crippen LogP contribution is 2.46. The maximum Gasteiger partial charge on any atom is 0.387 e. The summed E-state index contributed by atoms with van der Waals surface area (Å²) in [5, 5.41) is 0. The number of alkyl halides is 2. The van der Waals surface area contributed by atoms with Crippen molar-refractivity contribution < 1.29 is 27.8 Å². The maximum atomic E-state index is 13.1. The molecule has 3 aromatic rings. The van der Waals surface area contributed by atoms with Crippen molar-refractivity contribution in [3.05, 3.63) is 59.7 Å². The number of benzene rings is 1. The number of methoxy groups -OCH3 is 1. The van der Waals surface area contributed by atoms with Gasteiger partial charge < -0.3 is 24.1 Å². The quantitative estimate of drug-likeness (QED) is 0.372. The molecule has 200 valence electrons. The van der Waals surface area contributed by atoms with Crippen molar-refractivity contribution in [2.75, 3.05) is 12.0 Å². The average Bonchev–Trinajstić information content (AvgIpc) is 3.63. The smallest absolute Gasteiger partial charge is 0.387 e. The molecule has 2 saturated heterocycles. The molecule has 1 saturated carbocycles. The summed E-state index contributed by atoms with van der Waals surface area (Å²) >= 11 is 0. The number of anilines is 1. The molecule has 2 bridgehead atoms. The van der Waals surface area contributed by atoms with Crippen LogP contribution in [-0.4, -0.2) is 52.8 Å². The molecule has 4 heterocycles. The van der Waals surface area contributed by atoms with E-state index >= 15 is 0 Å². The van der Waals surface area contributed by atoms with E-state index in [1.165, 1.54) is 7.11 Å². The van der Waals surface area contributed by atoms with Crippen molar-refractivity contribution in [3.63, 3.8) is 0 Å². The number of hydrogen-bond acceptors (Lipinski definition) is 7. The lowest BCUT2D eigenvalue weighted by atomic mass is 9.99. The van der Waals surface area contributed by atoms with Gasteiger partial charge in [-0.05, 0) is 56.6 Å². The molecular formula is C28H30F2N4O4. The number of aromatic nitrogens is 3. The van der Waals surface area contributed by atoms with E-state index in [1.807, 2.05) is 18.3 Å². The van der Waals surface area contributed by atoms with Crippen LogP contribution in [0.2, 0.25) is 0 Å². The van der Waals surface area contributed by atoms with E-state index in [2.05, 4.69) is 19.9 Å². The minimum absolute atomic E-state index is 0.0508. The zero-order valence-corrected chi connectivity index (χ0v) is 21.1. The summed E-state index contributed by atoms with van der Waals surface area (Å²) in [6.45, 7) is -2.50. The minimum atomic E-state index is -2.89. The van der Waals surface area contributed by atoms with Gasteiger partial charge in [-0.15, -0.1) is 0 Å². The second-order valence-electron chi connectivity index (χ2n) is 10.2. The zero-order chi connectivity index (χ0) is 26.2. The summed E-state index contributed by atoms with van der Waals surface area (Å²) < 4.78 is 42.3. The molecule has 6 rings (SSSR count). The Morgan fingerprint density at radius 2 is 1.87 bits per heavy atom. The number of aromatic amines is 1. The number of nitrogens with one attached hydrogen (secondary N) is 1. The molecule has 2 aromatic heterocycles. The van der Waals surface area contributed by atoms with E-state index in [4.69, 9.17) is 14.2 Å². The largest absolute Gasteiger partial charge is 0.464 e. The molecule has 0 radical (unpaired) electrons. The third kappa shape index (κ3) is 4.84. The van der Waals surface area contributed by atoms with Crippen LogP contribution < -0.4 is 9.64 Å². The normalized spacial score (nSPS) is 22.6. The number of ether oxygens (including phenoxy) is 3. The molecule has 0 amide bonds. The molecule has 1 N–H and O–H groups in total. The second kappa shape index (κ2) is 10.3. The number of carbonyl (C=O) groups excluding carboxylic acids is 1. The van der Waals surface area contributed by atoms with Crippen molar-refractivity contribution >= 4 is 11.9 Å². The third-order valence-electron chi connectivity index (χ3n) is 7.82. The van der Waals surface area contributed by atoms with Gasteiger partial charge in [-0.1, -0.05) is 18.2 Å². The fourth-order valence-corrected chi connectivity index (χ4v) is 5.97. The molecule has 2 aliphatic heterocycles. The predicted octanol–water partition coefficient (Wildman–Crippen LogP) is 5.45. The Kier molecular flexibility index (Phi) is 6.73. The first-order valence-electron chi connectivity index (χ1n) is 13.1. The number of carbonyl (C=O) groups is 1. The Morgan fingerprint density at radius 3 is 2.58 bits per heavy atom. The van der Waals surface area contributed by atoms with Crippen molar-refractivity contribution in [1.29, 1.82) is 0 Å². The molecule has 1 aliphatic carbocycles. The van der Waals surface area contributed by atoms with Gasteiger partial charge in [0.2, 0.25) is 5.95 Å². The summed E-state index contributed by atoms with van der Waals surface area (Å²) in [5.41, 5.74) is 3.87. The number of hydrogen-bond donors (Lipinski definition) is 1. The van der Waals surface area contributed by atoms with Gasteiger partial charge in [-0.25, -0.2) is 14.8 Å². The number of halogens is 2. The predicted molar refractivity (Wildman–Crippen MR) is 135 cm³/mol. The highest BCUT2D eigenvalue weighted by Gasteiger charge is 2.43. The maximum absolute atomic E-state index is 13.1. The summed E-state index contributed by atoms with van der Waals surface area (Å²) in [7, 11) is 1.34. The van der Waals surface area contributed by atoms with Crippen LogP contribution in [0.4, 0.5) is 14.7 Å². The van der Waals surface area contributed by atoms with E-state index in [0.29, 0.717) is 24.0 Å². The van der Waals surface area contributed by atoms with Crippen LogP contribution in [0.5, 0.6) is 5.75 Å². The van der Waals surface area contributed by atoms with Gasteiger partial charge in [0.25, 0.3) is 0 Å². The summed E-state index contributed by atoms with van der Waals surface area (Å²) in [6.07, 6.45) is 9.42. The lowest BCUT2D eigenvalue weighted by Crippen LogP contribution is -2.46. The highest BCUT2D eigenvalue weighted by atomic mass is 19.3. The Hall–Kier alpha value is -3.53. The molecular weight excluding hydrogens is 494 g/mol. The van der Waals surface area contributed by atoms with Crippen LogP contribution in [0.25, 0.3) is 11.1 Å². The van der Waals surface area contributed by atoms with Gasteiger partial charge in [-0.3, -0.25) is 0 Å². The molecule has 2 atom stereocenters. The number of rotatable bonds is 9. The summed E-state index contributed by atoms with van der Waals surface area (Å²) in [4.78, 5) is 26.5. The lowest BCUT2D eigenvalue weighted by Gasteiger charge is -2.39. The standard InChI is InChI=1S/C28H30F2N4O4/c1-36-26(35)23-10-11-31-28(33-23)34-17-8-9-18(34)13-19(12-17)37-15-22-21(14-32-25(22)16-6-7-16)20-4-2-3-5-24(20)38-27(29)30/h2-5,10-11,14,16-19,27,32H,6-9,12-13,15H2,1H3. The molecule has 1 aromatic carbocycles. The molecule has 3 fully saturated rings. The van der Waals surface area contributed by atoms with E-state index < -0.39 is 12.6 Å². The van der Waals surface area contributed by atoms with Crippen molar-refractivity contribution in [1.82, 2.24) is 15.0 Å². The van der Waals surface area contributed by atoms with Crippen molar-refractivity contribution in [2.45, 2.75) is 75.8 Å². The highest BCUT2D eigenvalue weighted by molar-refractivity contribution is 5.87. The molecule has 38 heavy (non-hydrogen) atoms. The van der Waals surface area contributed by atoms with E-state index in [-0.39, 0.29) is 29.6 Å². The molecule has 0 spiro atoms. The van der Waals surface area contributed by atoms with E-state index in [9.17, 15) is 13.6 Å². The number of para-hydroxylation sites is 1. The van der Waals surface area contributed by atoms with Crippen LogP contribution in [0.15, 0.2) is 42.7 Å². The zero-order valence-electron chi connectivity index (χ0n) is 21.1. The van der Waals surface area contributed by atoms with Gasteiger partial charge in [0.15, 0.2) is 5.69 Å². The van der Waals surface area contributed by atoms with Gasteiger partial charge in [0.05, 0.1) is 19.8 Å². The Labute approximate surface area is 219 Å². The van der Waals surface area contributed by atoms with Crippen LogP contribution in [0.1, 0.15) is 66.2 Å². The summed E-state index contributed by atoms with van der Waals surface area (Å²) in [5.74, 6) is 0.681. The van der Waals surface area contributed by atoms with Crippen LogP contribution in [0, 0.1) is 0 Å². The number of esters is 1. The Balaban J connectivity index is 1.19. The SMILES string of the molecule is COC(=O)c1ccnc(N2C3CCC2CC(OCc2c(-c4ccccc4OC(F)F)c[nH]c2C2CC2)C3)n1. The molecule has 2 unspecified atom stereocenters. The summed E-state index contributed by atoms with van der Waals surface area (Å²) in [6, 6.07) is 8.90. The topological polar surface area (TPSA) is 89.6 Å². The average molecular weight is 525 g/mol. The molecule has 3 aliphatic rings. The Morgan fingerprint density at radius 1 is 1.11 bits per heavy atom. The van der Waals surface area contributed by atoms with Gasteiger partial charge in [0.1, 0.15) is 5.75 Å². The minimum Gasteiger partial charge on any atom is -0.464 e. The van der Waals surface area contributed by atoms with Crippen LogP contribution >= 0.6 is 0 Å². The first kappa shape index (κ1) is 24.8. The third-order valence-corrected chi connectivity index (χ3v) is 7.82. The van der Waals surface area contributed by atoms with Gasteiger partial charge >= 0.3 is 12.6 Å². The first-order chi connectivity index (χ1) is 18.5. The number of piperidine rings is 1. The number of H-pyrrole nitrogens is 1. The monoisotopic (exact) mass is 524 g/mol. The van der Waals surface area contributed by atoms with Crippen LogP contribution in [-0.2, 0) is 16.1 Å². The molecule has 8 nitrogen and oxygen atoms in total. The molecule has 10 heteroatoms. The van der Waals surface area contributed by atoms with E-state index in [1.54, 1.807) is 24.4 Å². The fourth-order valence-electron chi connectivity index (χ4n) is 5.97. The van der Waals surface area contributed by atoms with Crippen molar-refractivity contribution in [2.24, 2.45) is 0 Å². The number of fused-ring (bicyclic) bond motifs is 2. The fraction of sp³-hybridized carbons (Fsp3) is 0.464. The van der Waals surface area contributed by atoms with Crippen molar-refractivity contribution in [3.8, 4) is 16.9 Å².